The zero-order valence-electron chi connectivity index (χ0n) is 7.42. The quantitative estimate of drug-likeness (QED) is 0.715. The fraction of sp³-hybridized carbons (Fsp3) is 0.200. The molecule has 1 aromatic carbocycles. The highest BCUT2D eigenvalue weighted by Gasteiger charge is 2.00. The van der Waals surface area contributed by atoms with Gasteiger partial charge in [-0.05, 0) is 30.2 Å². The van der Waals surface area contributed by atoms with E-state index >= 15 is 0 Å². The summed E-state index contributed by atoms with van der Waals surface area (Å²) in [6, 6.07) is 3.70. The van der Waals surface area contributed by atoms with Crippen LogP contribution in [-0.2, 0) is 0 Å². The van der Waals surface area contributed by atoms with Crippen molar-refractivity contribution in [2.75, 3.05) is 12.3 Å². The highest BCUT2D eigenvalue weighted by Crippen LogP contribution is 2.24. The molecule has 0 saturated heterocycles. The number of halogens is 1. The monoisotopic (exact) mass is 197 g/mol. The van der Waals surface area contributed by atoms with Crippen LogP contribution < -0.4 is 5.73 Å². The Labute approximate surface area is 82.6 Å². The molecule has 2 nitrogen and oxygen atoms in total. The Kier molecular flexibility index (Phi) is 3.34. The molecule has 0 saturated carbocycles. The smallest absolute Gasteiger partial charge is 0.0644 e. The van der Waals surface area contributed by atoms with Gasteiger partial charge < -0.3 is 10.8 Å². The summed E-state index contributed by atoms with van der Waals surface area (Å²) in [4.78, 5) is 0. The molecule has 13 heavy (non-hydrogen) atoms. The second-order valence-electron chi connectivity index (χ2n) is 2.82. The Balaban J connectivity index is 3.06. The molecule has 0 unspecified atom stereocenters. The number of rotatable bonds is 2. The minimum absolute atomic E-state index is 0.0288. The molecule has 0 aliphatic rings. The molecule has 0 atom stereocenters. The van der Waals surface area contributed by atoms with Gasteiger partial charge in [-0.25, -0.2) is 0 Å². The summed E-state index contributed by atoms with van der Waals surface area (Å²) >= 11 is 5.88. The van der Waals surface area contributed by atoms with E-state index in [2.05, 4.69) is 0 Å². The first-order valence-corrected chi connectivity index (χ1v) is 4.36. The third-order valence-electron chi connectivity index (χ3n) is 1.77. The van der Waals surface area contributed by atoms with Crippen molar-refractivity contribution in [3.63, 3.8) is 0 Å². The summed E-state index contributed by atoms with van der Waals surface area (Å²) in [5.74, 6) is 0. The van der Waals surface area contributed by atoms with Crippen molar-refractivity contribution in [1.82, 2.24) is 0 Å². The SMILES string of the molecule is Cc1cc(C=CCO)cc(Cl)c1N. The van der Waals surface area contributed by atoms with E-state index in [9.17, 15) is 0 Å². The predicted octanol–water partition coefficient (Wildman–Crippen LogP) is 2.24. The fourth-order valence-electron chi connectivity index (χ4n) is 1.07. The molecule has 0 aliphatic carbocycles. The van der Waals surface area contributed by atoms with Gasteiger partial charge in [-0.3, -0.25) is 0 Å². The molecule has 1 rings (SSSR count). The lowest BCUT2D eigenvalue weighted by molar-refractivity contribution is 0.343. The summed E-state index contributed by atoms with van der Waals surface area (Å²) in [7, 11) is 0. The largest absolute Gasteiger partial charge is 0.397 e. The molecule has 0 aliphatic heterocycles. The third kappa shape index (κ3) is 2.47. The molecule has 0 fully saturated rings. The molecule has 70 valence electrons. The molecule has 0 heterocycles. The Bertz CT molecular complexity index is 311. The molecule has 0 bridgehead atoms. The van der Waals surface area contributed by atoms with Crippen molar-refractivity contribution in [3.8, 4) is 0 Å². The van der Waals surface area contributed by atoms with Crippen molar-refractivity contribution in [3.05, 3.63) is 34.4 Å². The maximum absolute atomic E-state index is 8.58. The Hall–Kier alpha value is -0.990. The van der Waals surface area contributed by atoms with Gasteiger partial charge in [0.1, 0.15) is 0 Å². The molecule has 1 aromatic rings. The summed E-state index contributed by atoms with van der Waals surface area (Å²) in [6.07, 6.45) is 3.46. The lowest BCUT2D eigenvalue weighted by atomic mass is 10.1. The number of aliphatic hydroxyl groups excluding tert-OH is 1. The normalized spacial score (nSPS) is 11.0. The average molecular weight is 198 g/mol. The number of aryl methyl sites for hydroxylation is 1. The maximum Gasteiger partial charge on any atom is 0.0644 e. The molecule has 3 N–H and O–H groups in total. The fourth-order valence-corrected chi connectivity index (χ4v) is 1.34. The van der Waals surface area contributed by atoms with E-state index < -0.39 is 0 Å². The van der Waals surface area contributed by atoms with E-state index in [1.165, 1.54) is 0 Å². The summed E-state index contributed by atoms with van der Waals surface area (Å²) in [5.41, 5.74) is 8.19. The molecule has 0 aromatic heterocycles. The Morgan fingerprint density at radius 2 is 2.23 bits per heavy atom. The van der Waals surface area contributed by atoms with Crippen molar-refractivity contribution >= 4 is 23.4 Å². The van der Waals surface area contributed by atoms with Crippen LogP contribution in [0.3, 0.4) is 0 Å². The van der Waals surface area contributed by atoms with Gasteiger partial charge in [0.25, 0.3) is 0 Å². The number of hydrogen-bond donors (Lipinski definition) is 2. The van der Waals surface area contributed by atoms with Crippen LogP contribution in [0.4, 0.5) is 5.69 Å². The number of benzene rings is 1. The standard InChI is InChI=1S/C10H12ClNO/c1-7-5-8(3-2-4-13)6-9(11)10(7)12/h2-3,5-6,13H,4,12H2,1H3. The molecular weight excluding hydrogens is 186 g/mol. The van der Waals surface area contributed by atoms with E-state index in [4.69, 9.17) is 22.4 Å². The van der Waals surface area contributed by atoms with Crippen LogP contribution in [-0.4, -0.2) is 11.7 Å². The van der Waals surface area contributed by atoms with Crippen LogP contribution >= 0.6 is 11.6 Å². The first kappa shape index (κ1) is 10.1. The van der Waals surface area contributed by atoms with Crippen LogP contribution in [0.1, 0.15) is 11.1 Å². The molecular formula is C10H12ClNO. The first-order valence-electron chi connectivity index (χ1n) is 3.98. The van der Waals surface area contributed by atoms with Crippen LogP contribution in [0.15, 0.2) is 18.2 Å². The number of anilines is 1. The minimum atomic E-state index is 0.0288. The minimum Gasteiger partial charge on any atom is -0.397 e. The molecule has 0 amide bonds. The van der Waals surface area contributed by atoms with Gasteiger partial charge >= 0.3 is 0 Å². The molecule has 0 radical (unpaired) electrons. The highest BCUT2D eigenvalue weighted by atomic mass is 35.5. The zero-order chi connectivity index (χ0) is 9.84. The van der Waals surface area contributed by atoms with Crippen molar-refractivity contribution in [2.24, 2.45) is 0 Å². The van der Waals surface area contributed by atoms with Crippen molar-refractivity contribution < 1.29 is 5.11 Å². The predicted molar refractivity (Wildman–Crippen MR) is 56.7 cm³/mol. The van der Waals surface area contributed by atoms with Gasteiger partial charge in [0.05, 0.1) is 17.3 Å². The van der Waals surface area contributed by atoms with Crippen molar-refractivity contribution in [2.45, 2.75) is 6.92 Å². The number of aliphatic hydroxyl groups is 1. The Morgan fingerprint density at radius 1 is 1.54 bits per heavy atom. The van der Waals surface area contributed by atoms with Crippen LogP contribution in [0.2, 0.25) is 5.02 Å². The number of nitrogen functional groups attached to an aromatic ring is 1. The second-order valence-corrected chi connectivity index (χ2v) is 3.23. The third-order valence-corrected chi connectivity index (χ3v) is 2.09. The van der Waals surface area contributed by atoms with Gasteiger partial charge in [-0.15, -0.1) is 0 Å². The van der Waals surface area contributed by atoms with E-state index in [-0.39, 0.29) is 6.61 Å². The lowest BCUT2D eigenvalue weighted by Crippen LogP contribution is -1.91. The summed E-state index contributed by atoms with van der Waals surface area (Å²) in [5, 5.41) is 9.13. The highest BCUT2D eigenvalue weighted by molar-refractivity contribution is 6.33. The second kappa shape index (κ2) is 4.30. The number of nitrogens with two attached hydrogens (primary N) is 1. The van der Waals surface area contributed by atoms with Gasteiger partial charge in [0.15, 0.2) is 0 Å². The lowest BCUT2D eigenvalue weighted by Gasteiger charge is -2.03. The summed E-state index contributed by atoms with van der Waals surface area (Å²) in [6.45, 7) is 1.93. The van der Waals surface area contributed by atoms with E-state index in [0.717, 1.165) is 11.1 Å². The van der Waals surface area contributed by atoms with E-state index in [1.54, 1.807) is 18.2 Å². The first-order chi connectivity index (χ1) is 6.15. The van der Waals surface area contributed by atoms with Crippen LogP contribution in [0, 0.1) is 6.92 Å². The van der Waals surface area contributed by atoms with Gasteiger partial charge in [-0.1, -0.05) is 23.8 Å². The van der Waals surface area contributed by atoms with Crippen molar-refractivity contribution in [1.29, 1.82) is 0 Å². The number of hydrogen-bond acceptors (Lipinski definition) is 2. The van der Waals surface area contributed by atoms with Gasteiger partial charge in [0.2, 0.25) is 0 Å². The van der Waals surface area contributed by atoms with Gasteiger partial charge in [0, 0.05) is 0 Å². The van der Waals surface area contributed by atoms with Crippen LogP contribution in [0.5, 0.6) is 0 Å². The van der Waals surface area contributed by atoms with E-state index in [1.807, 2.05) is 13.0 Å². The Morgan fingerprint density at radius 3 is 2.77 bits per heavy atom. The zero-order valence-corrected chi connectivity index (χ0v) is 8.17. The van der Waals surface area contributed by atoms with Crippen LogP contribution in [0.25, 0.3) is 6.08 Å². The summed E-state index contributed by atoms with van der Waals surface area (Å²) < 4.78 is 0. The van der Waals surface area contributed by atoms with E-state index in [0.29, 0.717) is 10.7 Å². The molecule has 0 spiro atoms. The maximum atomic E-state index is 8.58. The average Bonchev–Trinajstić information content (AvgIpc) is 2.10. The molecule has 3 heteroatoms. The van der Waals surface area contributed by atoms with Gasteiger partial charge in [-0.2, -0.15) is 0 Å². The topological polar surface area (TPSA) is 46.2 Å².